The molecule has 0 saturated carbocycles. The van der Waals surface area contributed by atoms with E-state index >= 15 is 0 Å². The number of amides is 1. The summed E-state index contributed by atoms with van der Waals surface area (Å²) >= 11 is 0. The first kappa shape index (κ1) is 15.8. The predicted molar refractivity (Wildman–Crippen MR) is 73.8 cm³/mol. The summed E-state index contributed by atoms with van der Waals surface area (Å²) in [5, 5.41) is 6.11. The molecule has 1 heterocycles. The van der Waals surface area contributed by atoms with Crippen LogP contribution >= 0.6 is 0 Å². The van der Waals surface area contributed by atoms with Gasteiger partial charge in [-0.2, -0.15) is 13.2 Å². The van der Waals surface area contributed by atoms with Crippen LogP contribution in [0.5, 0.6) is 0 Å². The molecular weight excluding hydrogens is 281 g/mol. The monoisotopic (exact) mass is 300 g/mol. The third-order valence-corrected chi connectivity index (χ3v) is 3.56. The summed E-state index contributed by atoms with van der Waals surface area (Å²) in [7, 11) is 0. The van der Waals surface area contributed by atoms with Gasteiger partial charge in [0.15, 0.2) is 0 Å². The zero-order chi connectivity index (χ0) is 15.3. The molecule has 1 aromatic carbocycles. The molecule has 1 saturated heterocycles. The van der Waals surface area contributed by atoms with Gasteiger partial charge in [0.1, 0.15) is 0 Å². The Morgan fingerprint density at radius 1 is 1.38 bits per heavy atom. The Labute approximate surface area is 121 Å². The Morgan fingerprint density at radius 2 is 2.19 bits per heavy atom. The van der Waals surface area contributed by atoms with Crippen molar-refractivity contribution in [3.63, 3.8) is 0 Å². The third-order valence-electron chi connectivity index (χ3n) is 3.56. The Kier molecular flexibility index (Phi) is 5.22. The summed E-state index contributed by atoms with van der Waals surface area (Å²) in [6, 6.07) is 5.27. The fourth-order valence-corrected chi connectivity index (χ4v) is 2.44. The van der Waals surface area contributed by atoms with Crippen LogP contribution in [0.25, 0.3) is 0 Å². The zero-order valence-corrected chi connectivity index (χ0v) is 11.7. The van der Waals surface area contributed by atoms with Gasteiger partial charge in [0, 0.05) is 19.0 Å². The predicted octanol–water partition coefficient (Wildman–Crippen LogP) is 2.51. The number of nitrogens with one attached hydrogen (secondary N) is 2. The minimum atomic E-state index is -4.34. The summed E-state index contributed by atoms with van der Waals surface area (Å²) in [5.41, 5.74) is -0.140. The van der Waals surface area contributed by atoms with Crippen molar-refractivity contribution in [3.8, 4) is 0 Å². The molecule has 0 radical (unpaired) electrons. The fraction of sp³-hybridized carbons (Fsp3) is 0.533. The van der Waals surface area contributed by atoms with Crippen molar-refractivity contribution in [2.45, 2.75) is 37.9 Å². The maximum absolute atomic E-state index is 12.6. The molecule has 0 spiro atoms. The molecule has 0 bridgehead atoms. The lowest BCUT2D eigenvalue weighted by molar-refractivity contribution is -0.137. The minimum absolute atomic E-state index is 0.110. The van der Waals surface area contributed by atoms with E-state index in [9.17, 15) is 18.0 Å². The van der Waals surface area contributed by atoms with Crippen LogP contribution in [0.2, 0.25) is 0 Å². The van der Waals surface area contributed by atoms with E-state index in [0.29, 0.717) is 12.0 Å². The Hall–Kier alpha value is -1.56. The summed E-state index contributed by atoms with van der Waals surface area (Å²) in [5.74, 6) is -0.110. The lowest BCUT2D eigenvalue weighted by atomic mass is 10.0. The van der Waals surface area contributed by atoms with Gasteiger partial charge in [0.2, 0.25) is 5.91 Å². The number of rotatable bonds is 4. The topological polar surface area (TPSA) is 41.1 Å². The number of aryl methyl sites for hydroxylation is 1. The summed E-state index contributed by atoms with van der Waals surface area (Å²) in [6.45, 7) is 1.73. The van der Waals surface area contributed by atoms with Gasteiger partial charge in [-0.3, -0.25) is 4.79 Å². The lowest BCUT2D eigenvalue weighted by Crippen LogP contribution is -2.45. The van der Waals surface area contributed by atoms with Crippen LogP contribution in [-0.2, 0) is 17.4 Å². The molecule has 21 heavy (non-hydrogen) atoms. The third kappa shape index (κ3) is 5.04. The number of piperidine rings is 1. The number of carbonyl (C=O) groups is 1. The van der Waals surface area contributed by atoms with Crippen LogP contribution in [0.4, 0.5) is 13.2 Å². The van der Waals surface area contributed by atoms with E-state index in [-0.39, 0.29) is 18.4 Å². The van der Waals surface area contributed by atoms with Crippen molar-refractivity contribution in [1.82, 2.24) is 10.6 Å². The van der Waals surface area contributed by atoms with E-state index in [4.69, 9.17) is 0 Å². The van der Waals surface area contributed by atoms with Crippen molar-refractivity contribution in [3.05, 3.63) is 35.4 Å². The average Bonchev–Trinajstić information content (AvgIpc) is 2.46. The second kappa shape index (κ2) is 6.93. The van der Waals surface area contributed by atoms with Gasteiger partial charge < -0.3 is 10.6 Å². The SMILES string of the molecule is O=C(CCc1cccc(C(F)(F)F)c1)N[C@H]1CCCNC1. The quantitative estimate of drug-likeness (QED) is 0.897. The number of benzene rings is 1. The van der Waals surface area contributed by atoms with Gasteiger partial charge in [-0.15, -0.1) is 0 Å². The number of hydrogen-bond acceptors (Lipinski definition) is 2. The summed E-state index contributed by atoms with van der Waals surface area (Å²) < 4.78 is 37.8. The molecule has 1 amide bonds. The maximum Gasteiger partial charge on any atom is 0.416 e. The highest BCUT2D eigenvalue weighted by atomic mass is 19.4. The van der Waals surface area contributed by atoms with E-state index in [0.717, 1.165) is 38.1 Å². The van der Waals surface area contributed by atoms with Crippen LogP contribution in [0, 0.1) is 0 Å². The van der Waals surface area contributed by atoms with E-state index in [2.05, 4.69) is 10.6 Å². The minimum Gasteiger partial charge on any atom is -0.352 e. The second-order valence-electron chi connectivity index (χ2n) is 5.31. The Balaban J connectivity index is 1.83. The van der Waals surface area contributed by atoms with Gasteiger partial charge in [-0.25, -0.2) is 0 Å². The number of alkyl halides is 3. The van der Waals surface area contributed by atoms with E-state index in [1.807, 2.05) is 0 Å². The molecule has 1 aliphatic heterocycles. The zero-order valence-electron chi connectivity index (χ0n) is 11.7. The average molecular weight is 300 g/mol. The number of halogens is 3. The van der Waals surface area contributed by atoms with Crippen molar-refractivity contribution in [2.24, 2.45) is 0 Å². The molecule has 1 aliphatic rings. The highest BCUT2D eigenvalue weighted by Gasteiger charge is 2.30. The Morgan fingerprint density at radius 3 is 2.86 bits per heavy atom. The molecule has 2 rings (SSSR count). The molecule has 2 N–H and O–H groups in total. The van der Waals surface area contributed by atoms with Gasteiger partial charge in [0.05, 0.1) is 5.56 Å². The molecule has 1 fully saturated rings. The molecule has 0 unspecified atom stereocenters. The van der Waals surface area contributed by atoms with Gasteiger partial charge in [-0.05, 0) is 37.4 Å². The van der Waals surface area contributed by atoms with Crippen LogP contribution < -0.4 is 10.6 Å². The molecule has 6 heteroatoms. The van der Waals surface area contributed by atoms with E-state index in [1.54, 1.807) is 6.07 Å². The van der Waals surface area contributed by atoms with Crippen LogP contribution in [0.1, 0.15) is 30.4 Å². The molecule has 0 aliphatic carbocycles. The van der Waals surface area contributed by atoms with Crippen molar-refractivity contribution < 1.29 is 18.0 Å². The smallest absolute Gasteiger partial charge is 0.352 e. The highest BCUT2D eigenvalue weighted by Crippen LogP contribution is 2.29. The molecule has 1 atom stereocenters. The molecule has 116 valence electrons. The van der Waals surface area contributed by atoms with Crippen LogP contribution in [0.15, 0.2) is 24.3 Å². The van der Waals surface area contributed by atoms with Crippen LogP contribution in [0.3, 0.4) is 0 Å². The number of carbonyl (C=O) groups excluding carboxylic acids is 1. The number of hydrogen-bond donors (Lipinski definition) is 2. The van der Waals surface area contributed by atoms with Crippen LogP contribution in [-0.4, -0.2) is 25.0 Å². The molecule has 1 aromatic rings. The van der Waals surface area contributed by atoms with E-state index in [1.165, 1.54) is 6.07 Å². The normalized spacial score (nSPS) is 19.3. The van der Waals surface area contributed by atoms with Gasteiger partial charge >= 0.3 is 6.18 Å². The van der Waals surface area contributed by atoms with Gasteiger partial charge in [0.25, 0.3) is 0 Å². The fourth-order valence-electron chi connectivity index (χ4n) is 2.44. The lowest BCUT2D eigenvalue weighted by Gasteiger charge is -2.23. The molecular formula is C15H19F3N2O. The summed E-state index contributed by atoms with van der Waals surface area (Å²) in [4.78, 5) is 11.8. The Bertz CT molecular complexity index is 482. The second-order valence-corrected chi connectivity index (χ2v) is 5.31. The molecule has 0 aromatic heterocycles. The standard InChI is InChI=1S/C15H19F3N2O/c16-15(17,18)12-4-1-3-11(9-12)6-7-14(21)20-13-5-2-8-19-10-13/h1,3-4,9,13,19H,2,5-8,10H2,(H,20,21)/t13-/m0/s1. The van der Waals surface area contributed by atoms with Crippen molar-refractivity contribution >= 4 is 5.91 Å². The first-order valence-electron chi connectivity index (χ1n) is 7.11. The summed E-state index contributed by atoms with van der Waals surface area (Å²) in [6.07, 6.45) is -1.85. The first-order chi connectivity index (χ1) is 9.95. The molecule has 3 nitrogen and oxygen atoms in total. The largest absolute Gasteiger partial charge is 0.416 e. The van der Waals surface area contributed by atoms with Crippen molar-refractivity contribution in [1.29, 1.82) is 0 Å². The van der Waals surface area contributed by atoms with E-state index < -0.39 is 11.7 Å². The maximum atomic E-state index is 12.6. The highest BCUT2D eigenvalue weighted by molar-refractivity contribution is 5.76. The van der Waals surface area contributed by atoms with Crippen molar-refractivity contribution in [2.75, 3.05) is 13.1 Å². The van der Waals surface area contributed by atoms with Gasteiger partial charge in [-0.1, -0.05) is 18.2 Å². The first-order valence-corrected chi connectivity index (χ1v) is 7.11.